The van der Waals surface area contributed by atoms with Crippen LogP contribution in [0.15, 0.2) is 126 Å². The van der Waals surface area contributed by atoms with E-state index in [2.05, 4.69) is 115 Å². The zero-order valence-electron chi connectivity index (χ0n) is 19.4. The lowest BCUT2D eigenvalue weighted by atomic mass is 9.86. The minimum atomic E-state index is 0.935. The van der Waals surface area contributed by atoms with Gasteiger partial charge in [-0.3, -0.25) is 0 Å². The van der Waals surface area contributed by atoms with E-state index in [-0.39, 0.29) is 0 Å². The van der Waals surface area contributed by atoms with Crippen LogP contribution in [0.1, 0.15) is 0 Å². The summed E-state index contributed by atoms with van der Waals surface area (Å²) in [7, 11) is 0. The highest BCUT2D eigenvalue weighted by molar-refractivity contribution is 7.26. The lowest BCUT2D eigenvalue weighted by Crippen LogP contribution is -1.90. The van der Waals surface area contributed by atoms with Gasteiger partial charge in [0, 0.05) is 36.7 Å². The summed E-state index contributed by atoms with van der Waals surface area (Å²) < 4.78 is 8.82. The number of hydrogen-bond acceptors (Lipinski definition) is 2. The van der Waals surface area contributed by atoms with Crippen LogP contribution >= 0.6 is 11.3 Å². The van der Waals surface area contributed by atoms with Crippen molar-refractivity contribution in [3.05, 3.63) is 122 Å². The molecule has 0 aliphatic carbocycles. The predicted molar refractivity (Wildman–Crippen MR) is 155 cm³/mol. The van der Waals surface area contributed by atoms with Crippen LogP contribution < -0.4 is 0 Å². The fraction of sp³-hybridized carbons (Fsp3) is 0. The van der Waals surface area contributed by atoms with Crippen LogP contribution in [0.2, 0.25) is 0 Å². The molecule has 0 aliphatic rings. The molecule has 0 N–H and O–H groups in total. The third-order valence-corrected chi connectivity index (χ3v) is 8.55. The van der Waals surface area contributed by atoms with Crippen molar-refractivity contribution >= 4 is 64.0 Å². The molecule has 0 bridgehead atoms. The maximum Gasteiger partial charge on any atom is 0.135 e. The average molecular weight is 477 g/mol. The normalized spacial score (nSPS) is 11.9. The Balaban J connectivity index is 1.57. The number of fused-ring (bicyclic) bond motifs is 7. The van der Waals surface area contributed by atoms with Gasteiger partial charge in [-0.05, 0) is 50.9 Å². The van der Waals surface area contributed by atoms with Gasteiger partial charge >= 0.3 is 0 Å². The molecule has 6 aromatic carbocycles. The molecule has 8 rings (SSSR count). The molecule has 1 nitrogen and oxygen atoms in total. The summed E-state index contributed by atoms with van der Waals surface area (Å²) in [5.74, 6) is 0. The van der Waals surface area contributed by atoms with Gasteiger partial charge in [0.25, 0.3) is 0 Å². The molecule has 0 saturated heterocycles. The Labute approximate surface area is 211 Å². The Bertz CT molecular complexity index is 2040. The van der Waals surface area contributed by atoms with Crippen LogP contribution in [0.25, 0.3) is 74.9 Å². The Morgan fingerprint density at radius 3 is 1.75 bits per heavy atom. The summed E-state index contributed by atoms with van der Waals surface area (Å²) >= 11 is 1.86. The number of rotatable bonds is 2. The van der Waals surface area contributed by atoms with E-state index in [4.69, 9.17) is 4.42 Å². The molecule has 36 heavy (non-hydrogen) atoms. The SMILES string of the molecule is c1ccc(-c2c3ccccc3c(-c3coc4ccc5c6ccccc6sc5c34)c3ccccc23)cc1. The minimum absolute atomic E-state index is 0.935. The smallest absolute Gasteiger partial charge is 0.135 e. The molecule has 0 atom stereocenters. The van der Waals surface area contributed by atoms with E-state index >= 15 is 0 Å². The van der Waals surface area contributed by atoms with Gasteiger partial charge in [0.05, 0.1) is 6.26 Å². The van der Waals surface area contributed by atoms with Gasteiger partial charge in [-0.25, -0.2) is 0 Å². The minimum Gasteiger partial charge on any atom is -0.464 e. The number of benzene rings is 6. The quantitative estimate of drug-likeness (QED) is 0.226. The third kappa shape index (κ3) is 2.71. The van der Waals surface area contributed by atoms with E-state index in [1.165, 1.54) is 63.8 Å². The van der Waals surface area contributed by atoms with Crippen LogP contribution in [0, 0.1) is 0 Å². The van der Waals surface area contributed by atoms with E-state index in [1.54, 1.807) is 0 Å². The average Bonchev–Trinajstić information content (AvgIpc) is 3.53. The molecule has 0 saturated carbocycles. The zero-order valence-corrected chi connectivity index (χ0v) is 20.2. The monoisotopic (exact) mass is 476 g/mol. The van der Waals surface area contributed by atoms with Crippen molar-refractivity contribution in [1.82, 2.24) is 0 Å². The number of furan rings is 1. The van der Waals surface area contributed by atoms with Crippen molar-refractivity contribution in [3.63, 3.8) is 0 Å². The van der Waals surface area contributed by atoms with Gasteiger partial charge in [0.2, 0.25) is 0 Å². The van der Waals surface area contributed by atoms with Crippen molar-refractivity contribution in [2.75, 3.05) is 0 Å². The van der Waals surface area contributed by atoms with Gasteiger partial charge < -0.3 is 4.42 Å². The maximum atomic E-state index is 6.23. The maximum absolute atomic E-state index is 6.23. The first-order valence-corrected chi connectivity index (χ1v) is 13.0. The van der Waals surface area contributed by atoms with Crippen molar-refractivity contribution in [1.29, 1.82) is 0 Å². The molecule has 0 unspecified atom stereocenters. The highest BCUT2D eigenvalue weighted by atomic mass is 32.1. The number of hydrogen-bond donors (Lipinski definition) is 0. The Morgan fingerprint density at radius 1 is 0.472 bits per heavy atom. The first-order chi connectivity index (χ1) is 17.9. The fourth-order valence-corrected chi connectivity index (χ4v) is 7.08. The molecular formula is C34H20OS. The lowest BCUT2D eigenvalue weighted by molar-refractivity contribution is 0.617. The van der Waals surface area contributed by atoms with Gasteiger partial charge in [0.15, 0.2) is 0 Å². The summed E-state index contributed by atoms with van der Waals surface area (Å²) in [5, 5.41) is 8.81. The zero-order chi connectivity index (χ0) is 23.6. The molecule has 0 radical (unpaired) electrons. The summed E-state index contributed by atoms with van der Waals surface area (Å²) in [4.78, 5) is 0. The highest BCUT2D eigenvalue weighted by Gasteiger charge is 2.21. The largest absolute Gasteiger partial charge is 0.464 e. The predicted octanol–water partition coefficient (Wildman–Crippen LogP) is 10.4. The van der Waals surface area contributed by atoms with E-state index in [9.17, 15) is 0 Å². The second-order valence-electron chi connectivity index (χ2n) is 9.27. The van der Waals surface area contributed by atoms with Crippen LogP contribution in [0.3, 0.4) is 0 Å². The topological polar surface area (TPSA) is 13.1 Å². The van der Waals surface area contributed by atoms with E-state index in [0.29, 0.717) is 0 Å². The molecule has 2 aromatic heterocycles. The molecule has 2 heterocycles. The summed E-state index contributed by atoms with van der Waals surface area (Å²) in [6, 6.07) is 41.4. The second-order valence-corrected chi connectivity index (χ2v) is 10.3. The Kier molecular flexibility index (Phi) is 4.16. The molecule has 0 aliphatic heterocycles. The van der Waals surface area contributed by atoms with Gasteiger partial charge in [-0.1, -0.05) is 97.1 Å². The van der Waals surface area contributed by atoms with E-state index in [0.717, 1.165) is 11.1 Å². The van der Waals surface area contributed by atoms with Crippen LogP contribution in [-0.4, -0.2) is 0 Å². The Morgan fingerprint density at radius 2 is 1.06 bits per heavy atom. The molecule has 0 amide bonds. The summed E-state index contributed by atoms with van der Waals surface area (Å²) in [6.07, 6.45) is 1.96. The van der Waals surface area contributed by atoms with Crippen LogP contribution in [0.4, 0.5) is 0 Å². The molecule has 0 fully saturated rings. The standard InChI is InChI=1S/C34H20OS/c1-2-10-21(11-3-1)31-23-13-4-6-15-25(23)32(26-16-7-5-14-24(26)31)28-20-35-29-19-18-27-22-12-8-9-17-30(22)36-34(27)33(28)29/h1-20H. The highest BCUT2D eigenvalue weighted by Crippen LogP contribution is 2.48. The fourth-order valence-electron chi connectivity index (χ4n) is 5.82. The molecular weight excluding hydrogens is 456 g/mol. The van der Waals surface area contributed by atoms with Crippen LogP contribution in [-0.2, 0) is 0 Å². The molecule has 2 heteroatoms. The van der Waals surface area contributed by atoms with Crippen molar-refractivity contribution in [3.8, 4) is 22.3 Å². The van der Waals surface area contributed by atoms with E-state index in [1.807, 2.05) is 17.6 Å². The van der Waals surface area contributed by atoms with Crippen LogP contribution in [0.5, 0.6) is 0 Å². The third-order valence-electron chi connectivity index (χ3n) is 7.35. The summed E-state index contributed by atoms with van der Waals surface area (Å²) in [6.45, 7) is 0. The van der Waals surface area contributed by atoms with E-state index < -0.39 is 0 Å². The van der Waals surface area contributed by atoms with Crippen molar-refractivity contribution < 1.29 is 4.42 Å². The second kappa shape index (κ2) is 7.55. The lowest BCUT2D eigenvalue weighted by Gasteiger charge is -2.17. The first kappa shape index (κ1) is 19.9. The van der Waals surface area contributed by atoms with Gasteiger partial charge in [-0.15, -0.1) is 11.3 Å². The van der Waals surface area contributed by atoms with Crippen molar-refractivity contribution in [2.45, 2.75) is 0 Å². The first-order valence-electron chi connectivity index (χ1n) is 12.2. The van der Waals surface area contributed by atoms with Gasteiger partial charge in [-0.2, -0.15) is 0 Å². The molecule has 0 spiro atoms. The van der Waals surface area contributed by atoms with Gasteiger partial charge in [0.1, 0.15) is 5.58 Å². The summed E-state index contributed by atoms with van der Waals surface area (Å²) in [5.41, 5.74) is 5.86. The van der Waals surface area contributed by atoms with Crippen molar-refractivity contribution in [2.24, 2.45) is 0 Å². The number of thiophene rings is 1. The Hall–Kier alpha value is -4.40. The molecule has 8 aromatic rings. The molecule has 168 valence electrons.